The van der Waals surface area contributed by atoms with Gasteiger partial charge < -0.3 is 10.3 Å². The van der Waals surface area contributed by atoms with E-state index in [9.17, 15) is 5.21 Å². The monoisotopic (exact) mass is 213 g/mol. The number of hydrogen-bond donors (Lipinski definition) is 0. The van der Waals surface area contributed by atoms with E-state index in [1.165, 1.54) is 5.06 Å². The van der Waals surface area contributed by atoms with Crippen molar-refractivity contribution in [3.8, 4) is 0 Å². The van der Waals surface area contributed by atoms with Gasteiger partial charge in [-0.2, -0.15) is 0 Å². The Bertz CT molecular complexity index is 269. The second-order valence-electron chi connectivity index (χ2n) is 5.09. The van der Waals surface area contributed by atoms with Crippen LogP contribution in [0.25, 0.3) is 0 Å². The lowest BCUT2D eigenvalue weighted by Gasteiger charge is -2.47. The number of nitrogens with zero attached hydrogens (tertiary/aromatic N) is 2. The van der Waals surface area contributed by atoms with Gasteiger partial charge in [-0.1, -0.05) is 0 Å². The molecule has 0 bridgehead atoms. The van der Waals surface area contributed by atoms with Crippen LogP contribution < -0.4 is 0 Å². The van der Waals surface area contributed by atoms with Gasteiger partial charge in [0.2, 0.25) is 0 Å². The SMILES string of the molecule is CC1(C)CC(CN=C=S)C(C)(C)N1[O-]. The number of isothiocyanates is 1. The van der Waals surface area contributed by atoms with E-state index >= 15 is 0 Å². The van der Waals surface area contributed by atoms with Crippen LogP contribution in [0.3, 0.4) is 0 Å². The van der Waals surface area contributed by atoms with Gasteiger partial charge in [0.15, 0.2) is 0 Å². The minimum absolute atomic E-state index is 0.269. The summed E-state index contributed by atoms with van der Waals surface area (Å²) < 4.78 is 0. The van der Waals surface area contributed by atoms with E-state index in [1.54, 1.807) is 0 Å². The van der Waals surface area contributed by atoms with Crippen LogP contribution in [0.5, 0.6) is 0 Å². The molecule has 3 nitrogen and oxygen atoms in total. The quantitative estimate of drug-likeness (QED) is 0.522. The summed E-state index contributed by atoms with van der Waals surface area (Å²) in [6, 6.07) is 0. The number of rotatable bonds is 2. The molecule has 1 heterocycles. The molecule has 1 fully saturated rings. The number of hydrogen-bond acceptors (Lipinski definition) is 4. The Hall–Kier alpha value is -0.280. The van der Waals surface area contributed by atoms with Crippen LogP contribution >= 0.6 is 12.2 Å². The third kappa shape index (κ3) is 1.89. The van der Waals surface area contributed by atoms with E-state index in [0.29, 0.717) is 6.54 Å². The highest BCUT2D eigenvalue weighted by atomic mass is 32.1. The molecular formula is C10H17N2OS-. The second kappa shape index (κ2) is 3.70. The van der Waals surface area contributed by atoms with Crippen LogP contribution in [0.4, 0.5) is 0 Å². The molecule has 1 aliphatic rings. The van der Waals surface area contributed by atoms with Crippen molar-refractivity contribution in [3.63, 3.8) is 0 Å². The smallest absolute Gasteiger partial charge is 0.0585 e. The summed E-state index contributed by atoms with van der Waals surface area (Å²) in [5.74, 6) is 0.269. The maximum Gasteiger partial charge on any atom is 0.0585 e. The summed E-state index contributed by atoms with van der Waals surface area (Å²) in [5, 5.41) is 15.5. The Balaban J connectivity index is 2.85. The summed E-state index contributed by atoms with van der Waals surface area (Å²) >= 11 is 4.54. The van der Waals surface area contributed by atoms with Crippen molar-refractivity contribution in [3.05, 3.63) is 5.21 Å². The second-order valence-corrected chi connectivity index (χ2v) is 5.28. The molecule has 1 saturated heterocycles. The first-order valence-corrected chi connectivity index (χ1v) is 5.24. The van der Waals surface area contributed by atoms with Gasteiger partial charge in [0, 0.05) is 11.1 Å². The van der Waals surface area contributed by atoms with Crippen molar-refractivity contribution in [2.24, 2.45) is 10.9 Å². The summed E-state index contributed by atoms with van der Waals surface area (Å²) in [6.07, 6.45) is 0.865. The van der Waals surface area contributed by atoms with Crippen molar-refractivity contribution < 1.29 is 0 Å². The maximum absolute atomic E-state index is 12.0. The van der Waals surface area contributed by atoms with Gasteiger partial charge in [-0.05, 0) is 52.3 Å². The van der Waals surface area contributed by atoms with E-state index < -0.39 is 0 Å². The van der Waals surface area contributed by atoms with Crippen LogP contribution in [-0.4, -0.2) is 27.8 Å². The topological polar surface area (TPSA) is 38.7 Å². The van der Waals surface area contributed by atoms with E-state index in [-0.39, 0.29) is 17.0 Å². The average molecular weight is 213 g/mol. The highest BCUT2D eigenvalue weighted by Crippen LogP contribution is 2.43. The molecule has 0 amide bonds. The largest absolute Gasteiger partial charge is 0.784 e. The van der Waals surface area contributed by atoms with Crippen molar-refractivity contribution in [2.75, 3.05) is 6.54 Å². The first kappa shape index (κ1) is 11.8. The van der Waals surface area contributed by atoms with Crippen molar-refractivity contribution in [2.45, 2.75) is 45.2 Å². The van der Waals surface area contributed by atoms with Crippen LogP contribution in [-0.2, 0) is 0 Å². The van der Waals surface area contributed by atoms with Gasteiger partial charge in [-0.15, -0.1) is 0 Å². The van der Waals surface area contributed by atoms with E-state index in [1.807, 2.05) is 27.7 Å². The molecule has 0 aromatic heterocycles. The number of aliphatic imine (C=N–C) groups is 1. The Kier molecular flexibility index (Phi) is 3.12. The molecule has 1 atom stereocenters. The first-order chi connectivity index (χ1) is 6.32. The molecule has 0 spiro atoms. The number of hydroxylamine groups is 2. The third-order valence-corrected chi connectivity index (χ3v) is 3.32. The highest BCUT2D eigenvalue weighted by Gasteiger charge is 2.45. The zero-order chi connectivity index (χ0) is 11.0. The van der Waals surface area contributed by atoms with Crippen LogP contribution in [0.1, 0.15) is 34.1 Å². The van der Waals surface area contributed by atoms with E-state index in [2.05, 4.69) is 22.4 Å². The predicted octanol–water partition coefficient (Wildman–Crippen LogP) is 2.47. The molecule has 14 heavy (non-hydrogen) atoms. The van der Waals surface area contributed by atoms with Crippen molar-refractivity contribution in [1.82, 2.24) is 5.06 Å². The molecule has 0 saturated carbocycles. The van der Waals surface area contributed by atoms with Gasteiger partial charge in [0.25, 0.3) is 0 Å². The maximum atomic E-state index is 12.0. The van der Waals surface area contributed by atoms with Gasteiger partial charge in [0.1, 0.15) is 0 Å². The summed E-state index contributed by atoms with van der Waals surface area (Å²) in [7, 11) is 0. The first-order valence-electron chi connectivity index (χ1n) is 4.83. The highest BCUT2D eigenvalue weighted by molar-refractivity contribution is 7.78. The molecule has 0 aromatic carbocycles. The average Bonchev–Trinajstić information content (AvgIpc) is 2.23. The molecule has 0 aliphatic carbocycles. The fraction of sp³-hybridized carbons (Fsp3) is 0.900. The fourth-order valence-corrected chi connectivity index (χ4v) is 2.39. The Morgan fingerprint density at radius 3 is 2.43 bits per heavy atom. The van der Waals surface area contributed by atoms with Crippen LogP contribution in [0.15, 0.2) is 4.99 Å². The Morgan fingerprint density at radius 2 is 2.07 bits per heavy atom. The molecule has 0 radical (unpaired) electrons. The standard InChI is InChI=1S/C10H17N2OS/c1-9(2)5-8(6-11-7-14)10(3,4)12(9)13/h8H,5-6H2,1-4H3/q-1. The van der Waals surface area contributed by atoms with Gasteiger partial charge in [-0.25, -0.2) is 4.99 Å². The molecular weight excluding hydrogens is 196 g/mol. The predicted molar refractivity (Wildman–Crippen MR) is 61.4 cm³/mol. The van der Waals surface area contributed by atoms with E-state index in [4.69, 9.17) is 0 Å². The van der Waals surface area contributed by atoms with Crippen molar-refractivity contribution >= 4 is 17.4 Å². The molecule has 80 valence electrons. The minimum atomic E-state index is -0.348. The lowest BCUT2D eigenvalue weighted by atomic mass is 9.87. The molecule has 1 aliphatic heterocycles. The Morgan fingerprint density at radius 1 is 1.50 bits per heavy atom. The lowest BCUT2D eigenvalue weighted by molar-refractivity contribution is 0.129. The molecule has 0 N–H and O–H groups in total. The van der Waals surface area contributed by atoms with Crippen LogP contribution in [0.2, 0.25) is 0 Å². The summed E-state index contributed by atoms with van der Waals surface area (Å²) in [6.45, 7) is 8.50. The van der Waals surface area contributed by atoms with Gasteiger partial charge in [0.05, 0.1) is 11.7 Å². The van der Waals surface area contributed by atoms with Crippen LogP contribution in [0, 0.1) is 11.1 Å². The molecule has 1 rings (SSSR count). The van der Waals surface area contributed by atoms with Crippen molar-refractivity contribution in [1.29, 1.82) is 0 Å². The molecule has 1 unspecified atom stereocenters. The summed E-state index contributed by atoms with van der Waals surface area (Å²) in [4.78, 5) is 3.95. The minimum Gasteiger partial charge on any atom is -0.784 e. The lowest BCUT2D eigenvalue weighted by Crippen LogP contribution is -2.45. The number of thiocarbonyl (C=S) groups is 1. The van der Waals surface area contributed by atoms with Gasteiger partial charge in [-0.3, -0.25) is 0 Å². The van der Waals surface area contributed by atoms with Gasteiger partial charge >= 0.3 is 0 Å². The third-order valence-electron chi connectivity index (χ3n) is 3.19. The fourth-order valence-electron chi connectivity index (χ4n) is 2.32. The Labute approximate surface area is 90.8 Å². The zero-order valence-electron chi connectivity index (χ0n) is 9.20. The summed E-state index contributed by atoms with van der Waals surface area (Å²) in [5.41, 5.74) is -0.635. The molecule has 0 aromatic rings. The van der Waals surface area contributed by atoms with E-state index in [0.717, 1.165) is 6.42 Å². The zero-order valence-corrected chi connectivity index (χ0v) is 10.0. The molecule has 4 heteroatoms. The normalized spacial score (nSPS) is 29.9.